The molecule has 172 valence electrons. The van der Waals surface area contributed by atoms with Crippen LogP contribution in [-0.4, -0.2) is 58.1 Å². The Labute approximate surface area is 189 Å². The number of alkyl halides is 3. The number of thiocarbonyl (C=S) groups is 1. The zero-order valence-electron chi connectivity index (χ0n) is 17.5. The van der Waals surface area contributed by atoms with Gasteiger partial charge in [-0.25, -0.2) is 9.69 Å². The Hall–Kier alpha value is -2.36. The second kappa shape index (κ2) is 7.90. The summed E-state index contributed by atoms with van der Waals surface area (Å²) < 4.78 is 39.4. The fourth-order valence-corrected chi connectivity index (χ4v) is 5.97. The summed E-state index contributed by atoms with van der Waals surface area (Å²) in [6.45, 7) is 1.34. The molecule has 1 aromatic carbocycles. The van der Waals surface area contributed by atoms with E-state index in [9.17, 15) is 22.8 Å². The van der Waals surface area contributed by atoms with Gasteiger partial charge in [0.2, 0.25) is 0 Å². The quantitative estimate of drug-likeness (QED) is 0.543. The van der Waals surface area contributed by atoms with Crippen molar-refractivity contribution in [2.45, 2.75) is 62.8 Å². The lowest BCUT2D eigenvalue weighted by atomic mass is 9.89. The number of carbonyl (C=O) groups is 2. The van der Waals surface area contributed by atoms with E-state index in [1.54, 1.807) is 0 Å². The molecule has 3 amide bonds. The lowest BCUT2D eigenvalue weighted by molar-refractivity contribution is -0.137. The highest BCUT2D eigenvalue weighted by molar-refractivity contribution is 7.80. The van der Waals surface area contributed by atoms with E-state index in [4.69, 9.17) is 12.2 Å². The van der Waals surface area contributed by atoms with Crippen molar-refractivity contribution in [3.05, 3.63) is 29.8 Å². The summed E-state index contributed by atoms with van der Waals surface area (Å²) in [5.74, 6) is 0.116. The minimum Gasteiger partial charge on any atom is -0.362 e. The maximum Gasteiger partial charge on any atom is 0.416 e. The topological polar surface area (TPSA) is 55.9 Å². The summed E-state index contributed by atoms with van der Waals surface area (Å²) in [5.41, 5.74) is -0.937. The molecule has 32 heavy (non-hydrogen) atoms. The molecule has 1 N–H and O–H groups in total. The van der Waals surface area contributed by atoms with Crippen molar-refractivity contribution in [2.75, 3.05) is 18.0 Å². The molecule has 3 heterocycles. The van der Waals surface area contributed by atoms with Crippen molar-refractivity contribution >= 4 is 35.0 Å². The number of benzene rings is 1. The number of rotatable bonds is 3. The maximum atomic E-state index is 13.2. The Balaban J connectivity index is 1.31. The highest BCUT2D eigenvalue weighted by atomic mass is 32.1. The molecule has 0 spiro atoms. The molecule has 0 radical (unpaired) electrons. The number of nitrogens with one attached hydrogen (secondary N) is 1. The summed E-state index contributed by atoms with van der Waals surface area (Å²) in [4.78, 5) is 30.7. The number of amides is 3. The lowest BCUT2D eigenvalue weighted by Gasteiger charge is -2.37. The number of halogens is 3. The van der Waals surface area contributed by atoms with Crippen LogP contribution in [0.2, 0.25) is 0 Å². The van der Waals surface area contributed by atoms with E-state index >= 15 is 0 Å². The van der Waals surface area contributed by atoms with Crippen molar-refractivity contribution in [1.29, 1.82) is 0 Å². The Morgan fingerprint density at radius 2 is 1.91 bits per heavy atom. The van der Waals surface area contributed by atoms with E-state index in [1.165, 1.54) is 49.1 Å². The fourth-order valence-electron chi connectivity index (χ4n) is 5.67. The number of hydrogen-bond acceptors (Lipinski definition) is 3. The molecular formula is C22H25F3N4O2S. The predicted octanol–water partition coefficient (Wildman–Crippen LogP) is 3.75. The molecule has 4 fully saturated rings. The minimum atomic E-state index is -4.55. The van der Waals surface area contributed by atoms with Crippen LogP contribution in [0, 0.1) is 5.92 Å². The van der Waals surface area contributed by atoms with Gasteiger partial charge in [0, 0.05) is 13.1 Å². The Morgan fingerprint density at radius 3 is 2.62 bits per heavy atom. The van der Waals surface area contributed by atoms with Crippen LogP contribution in [0.3, 0.4) is 0 Å². The van der Waals surface area contributed by atoms with E-state index in [0.29, 0.717) is 24.0 Å². The first-order valence-corrected chi connectivity index (χ1v) is 11.5. The molecule has 3 saturated heterocycles. The second-order valence-corrected chi connectivity index (χ2v) is 9.54. The normalized spacial score (nSPS) is 28.0. The SMILES string of the molecule is O=C1[C@H]2[C@H]3CC(CN3C(=S)NCC3CCCCC3)N2C(=O)N1c1cccc(C(F)(F)F)c1. The first-order valence-electron chi connectivity index (χ1n) is 11.1. The highest BCUT2D eigenvalue weighted by Gasteiger charge is 2.62. The molecule has 1 unspecified atom stereocenters. The third-order valence-electron chi connectivity index (χ3n) is 7.22. The molecule has 2 bridgehead atoms. The third kappa shape index (κ3) is 3.52. The average molecular weight is 467 g/mol. The molecule has 5 rings (SSSR count). The van der Waals surface area contributed by atoms with Crippen LogP contribution in [0.5, 0.6) is 0 Å². The van der Waals surface area contributed by atoms with Gasteiger partial charge in [-0.15, -0.1) is 0 Å². The van der Waals surface area contributed by atoms with E-state index in [1.807, 2.05) is 4.90 Å². The van der Waals surface area contributed by atoms with Gasteiger partial charge in [0.1, 0.15) is 6.04 Å². The van der Waals surface area contributed by atoms with E-state index in [0.717, 1.165) is 23.6 Å². The van der Waals surface area contributed by atoms with Gasteiger partial charge in [-0.1, -0.05) is 25.3 Å². The van der Waals surface area contributed by atoms with Gasteiger partial charge in [-0.05, 0) is 55.6 Å². The standard InChI is InChI=1S/C22H25F3N4O2S/c23-22(24,25)14-7-4-8-15(9-14)29-19(30)18-17-10-16(28(18)21(29)31)12-27(17)20(32)26-11-13-5-2-1-3-6-13/h4,7-9,13,16-18H,1-3,5-6,10-12H2,(H,26,32)/t16?,17-,18-/m1/s1. The number of hydrogen-bond donors (Lipinski definition) is 1. The number of fused-ring (bicyclic) bond motifs is 5. The van der Waals surface area contributed by atoms with Crippen LogP contribution in [-0.2, 0) is 11.0 Å². The van der Waals surface area contributed by atoms with Gasteiger partial charge >= 0.3 is 12.2 Å². The maximum absolute atomic E-state index is 13.2. The Kier molecular flexibility index (Phi) is 5.30. The minimum absolute atomic E-state index is 0.0480. The second-order valence-electron chi connectivity index (χ2n) is 9.16. The molecule has 3 aliphatic heterocycles. The van der Waals surface area contributed by atoms with Gasteiger partial charge in [0.15, 0.2) is 5.11 Å². The van der Waals surface area contributed by atoms with Crippen LogP contribution in [0.4, 0.5) is 23.7 Å². The Bertz CT molecular complexity index is 949. The van der Waals surface area contributed by atoms with E-state index in [-0.39, 0.29) is 17.8 Å². The van der Waals surface area contributed by atoms with Crippen molar-refractivity contribution in [1.82, 2.24) is 15.1 Å². The lowest BCUT2D eigenvalue weighted by Crippen LogP contribution is -2.57. The summed E-state index contributed by atoms with van der Waals surface area (Å²) in [7, 11) is 0. The molecule has 1 saturated carbocycles. The monoisotopic (exact) mass is 466 g/mol. The van der Waals surface area contributed by atoms with Crippen molar-refractivity contribution in [2.24, 2.45) is 5.92 Å². The van der Waals surface area contributed by atoms with Gasteiger partial charge in [0.05, 0.1) is 23.3 Å². The first-order chi connectivity index (χ1) is 15.3. The van der Waals surface area contributed by atoms with Gasteiger partial charge in [0.25, 0.3) is 5.91 Å². The van der Waals surface area contributed by atoms with Gasteiger partial charge in [-0.3, -0.25) is 4.79 Å². The first kappa shape index (κ1) is 21.5. The molecule has 10 heteroatoms. The van der Waals surface area contributed by atoms with E-state index < -0.39 is 29.7 Å². The molecule has 1 aromatic rings. The van der Waals surface area contributed by atoms with Gasteiger partial charge in [-0.2, -0.15) is 13.2 Å². The summed E-state index contributed by atoms with van der Waals surface area (Å²) >= 11 is 5.62. The largest absolute Gasteiger partial charge is 0.416 e. The molecule has 1 aliphatic carbocycles. The van der Waals surface area contributed by atoms with Gasteiger partial charge < -0.3 is 15.1 Å². The Morgan fingerprint density at radius 1 is 1.16 bits per heavy atom. The van der Waals surface area contributed by atoms with Crippen molar-refractivity contribution in [3.63, 3.8) is 0 Å². The van der Waals surface area contributed by atoms with Crippen LogP contribution < -0.4 is 10.2 Å². The number of nitrogens with zero attached hydrogens (tertiary/aromatic N) is 3. The predicted molar refractivity (Wildman–Crippen MR) is 116 cm³/mol. The number of piperazine rings is 1. The number of imide groups is 1. The van der Waals surface area contributed by atoms with E-state index in [2.05, 4.69) is 5.32 Å². The molecule has 4 aliphatic rings. The summed E-state index contributed by atoms with van der Waals surface area (Å²) in [6, 6.07) is 2.67. The van der Waals surface area contributed by atoms with Crippen LogP contribution in [0.25, 0.3) is 0 Å². The zero-order chi connectivity index (χ0) is 22.6. The van der Waals surface area contributed by atoms with Crippen LogP contribution in [0.15, 0.2) is 24.3 Å². The fraction of sp³-hybridized carbons (Fsp3) is 0.591. The highest BCUT2D eigenvalue weighted by Crippen LogP contribution is 2.43. The number of carbonyl (C=O) groups excluding carboxylic acids is 2. The average Bonchev–Trinajstić information content (AvgIpc) is 3.43. The number of likely N-dealkylation sites (tertiary alicyclic amines) is 1. The summed E-state index contributed by atoms with van der Waals surface area (Å²) in [6.07, 6.45) is 2.24. The third-order valence-corrected chi connectivity index (χ3v) is 7.60. The smallest absolute Gasteiger partial charge is 0.362 e. The molecule has 6 nitrogen and oxygen atoms in total. The number of anilines is 1. The number of urea groups is 1. The summed E-state index contributed by atoms with van der Waals surface area (Å²) in [5, 5.41) is 3.95. The van der Waals surface area contributed by atoms with Crippen LogP contribution >= 0.6 is 12.2 Å². The molecular weight excluding hydrogens is 441 g/mol. The van der Waals surface area contributed by atoms with Crippen LogP contribution in [0.1, 0.15) is 44.1 Å². The van der Waals surface area contributed by atoms with Crippen molar-refractivity contribution < 1.29 is 22.8 Å². The zero-order valence-corrected chi connectivity index (χ0v) is 18.3. The molecule has 0 aromatic heterocycles. The van der Waals surface area contributed by atoms with Crippen molar-refractivity contribution in [3.8, 4) is 0 Å². The molecule has 3 atom stereocenters.